The number of hydrogen-bond donors (Lipinski definition) is 4. The number of carbonyl (C=O) groups excluding carboxylic acids is 1. The van der Waals surface area contributed by atoms with Crippen molar-refractivity contribution in [3.8, 4) is 5.75 Å². The van der Waals surface area contributed by atoms with E-state index in [4.69, 9.17) is 14.6 Å². The minimum Gasteiger partial charge on any atom is -0.497 e. The fourth-order valence-electron chi connectivity index (χ4n) is 3.23. The van der Waals surface area contributed by atoms with Gasteiger partial charge < -0.3 is 20.5 Å². The van der Waals surface area contributed by atoms with E-state index in [0.717, 1.165) is 29.6 Å². The number of aromatic amines is 1. The van der Waals surface area contributed by atoms with Crippen molar-refractivity contribution >= 4 is 23.2 Å². The van der Waals surface area contributed by atoms with Gasteiger partial charge in [0.25, 0.3) is 6.47 Å². The number of rotatable bonds is 3. The van der Waals surface area contributed by atoms with Gasteiger partial charge in [0.05, 0.1) is 18.7 Å². The third kappa shape index (κ3) is 2.78. The molecule has 2 aromatic rings. The molecule has 4 N–H and O–H groups in total. The Kier molecular flexibility index (Phi) is 4.26. The number of carbonyl (C=O) groups is 2. The molecule has 1 aromatic carbocycles. The van der Waals surface area contributed by atoms with Crippen LogP contribution in [0.1, 0.15) is 16.9 Å². The van der Waals surface area contributed by atoms with Crippen molar-refractivity contribution in [3.63, 3.8) is 0 Å². The van der Waals surface area contributed by atoms with E-state index in [-0.39, 0.29) is 24.3 Å². The Balaban J connectivity index is 0.000000485. The first-order chi connectivity index (χ1) is 11.2. The van der Waals surface area contributed by atoms with E-state index in [1.54, 1.807) is 7.11 Å². The number of piperazine rings is 1. The fraction of sp³-hybridized carbons (Fsp3) is 0.400. The molecular weight excluding hydrogens is 300 g/mol. The number of hydrogen-bond acceptors (Lipinski definition) is 6. The summed E-state index contributed by atoms with van der Waals surface area (Å²) in [6, 6.07) is 6.05. The van der Waals surface area contributed by atoms with Crippen LogP contribution in [0.5, 0.6) is 5.75 Å². The van der Waals surface area contributed by atoms with E-state index in [9.17, 15) is 4.79 Å². The standard InChI is InChI=1S/C14H16N4O2.CH2O2/c1-20-8-2-3-10-9(5-8)12(18-17-10)14(19)13-11-4-7(16-13)6-15-11;2-1-3/h2-3,5,7,11,13,15-16H,4,6H2,1H3,(H,17,18);1H,(H,2,3)/t7-,11+,13?;/m1./s1. The quantitative estimate of drug-likeness (QED) is 0.470. The molecule has 8 nitrogen and oxygen atoms in total. The molecule has 3 heterocycles. The summed E-state index contributed by atoms with van der Waals surface area (Å²) in [5.74, 6) is 0.774. The topological polar surface area (TPSA) is 116 Å². The highest BCUT2D eigenvalue weighted by Crippen LogP contribution is 2.26. The molecule has 2 fully saturated rings. The van der Waals surface area contributed by atoms with Crippen LogP contribution in [0.2, 0.25) is 0 Å². The maximum Gasteiger partial charge on any atom is 0.290 e. The zero-order chi connectivity index (χ0) is 16.4. The summed E-state index contributed by atoms with van der Waals surface area (Å²) in [5, 5.41) is 21.6. The summed E-state index contributed by atoms with van der Waals surface area (Å²) in [6.45, 7) is 0.698. The lowest BCUT2D eigenvalue weighted by molar-refractivity contribution is -0.122. The molecule has 0 amide bonds. The highest BCUT2D eigenvalue weighted by atomic mass is 16.5. The van der Waals surface area contributed by atoms with Crippen LogP contribution in [0.3, 0.4) is 0 Å². The van der Waals surface area contributed by atoms with E-state index < -0.39 is 0 Å². The smallest absolute Gasteiger partial charge is 0.290 e. The molecular formula is C15H18N4O4. The van der Waals surface area contributed by atoms with Gasteiger partial charge in [-0.05, 0) is 24.6 Å². The largest absolute Gasteiger partial charge is 0.497 e. The van der Waals surface area contributed by atoms with Crippen molar-refractivity contribution < 1.29 is 19.4 Å². The third-order valence-corrected chi connectivity index (χ3v) is 4.27. The van der Waals surface area contributed by atoms with Gasteiger partial charge in [-0.3, -0.25) is 14.7 Å². The number of nitrogens with zero attached hydrogens (tertiary/aromatic N) is 1. The SMILES string of the molecule is COc1ccc2[nH]nc(C(=O)C3N[C@H]4CN[C@H]3C4)c2c1.O=CO. The number of nitrogens with one attached hydrogen (secondary N) is 3. The van der Waals surface area contributed by atoms with Gasteiger partial charge in [0.1, 0.15) is 11.4 Å². The number of ketones is 1. The molecule has 0 saturated carbocycles. The molecule has 122 valence electrons. The van der Waals surface area contributed by atoms with Gasteiger partial charge in [0.15, 0.2) is 0 Å². The van der Waals surface area contributed by atoms with E-state index in [0.29, 0.717) is 11.7 Å². The number of H-pyrrole nitrogens is 1. The molecule has 23 heavy (non-hydrogen) atoms. The van der Waals surface area contributed by atoms with Crippen LogP contribution in [-0.2, 0) is 4.79 Å². The van der Waals surface area contributed by atoms with E-state index in [1.165, 1.54) is 0 Å². The lowest BCUT2D eigenvalue weighted by Gasteiger charge is -2.22. The van der Waals surface area contributed by atoms with Crippen LogP contribution in [0, 0.1) is 0 Å². The van der Waals surface area contributed by atoms with Gasteiger partial charge in [-0.1, -0.05) is 0 Å². The molecule has 0 aliphatic carbocycles. The molecule has 2 bridgehead atoms. The lowest BCUT2D eigenvalue weighted by atomic mass is 10.0. The van der Waals surface area contributed by atoms with Gasteiger partial charge in [0.2, 0.25) is 5.78 Å². The number of benzene rings is 1. The van der Waals surface area contributed by atoms with Crippen LogP contribution in [0.15, 0.2) is 18.2 Å². The number of Topliss-reactive ketones (excluding diaryl/α,β-unsaturated/α-hetero) is 1. The Morgan fingerprint density at radius 3 is 2.87 bits per heavy atom. The molecule has 2 aliphatic heterocycles. The van der Waals surface area contributed by atoms with Gasteiger partial charge in [-0.2, -0.15) is 5.10 Å². The average Bonchev–Trinajstić information content (AvgIpc) is 3.29. The predicted molar refractivity (Wildman–Crippen MR) is 82.8 cm³/mol. The fourth-order valence-corrected chi connectivity index (χ4v) is 3.23. The molecule has 2 saturated heterocycles. The minimum absolute atomic E-state index is 0.0456. The summed E-state index contributed by atoms with van der Waals surface area (Å²) in [6.07, 6.45) is 1.02. The molecule has 8 heteroatoms. The van der Waals surface area contributed by atoms with Crippen molar-refractivity contribution in [2.45, 2.75) is 24.5 Å². The van der Waals surface area contributed by atoms with Crippen LogP contribution in [0.25, 0.3) is 10.9 Å². The van der Waals surface area contributed by atoms with Crippen LogP contribution >= 0.6 is 0 Å². The Morgan fingerprint density at radius 1 is 1.48 bits per heavy atom. The minimum atomic E-state index is -0.250. The van der Waals surface area contributed by atoms with Crippen LogP contribution in [0.4, 0.5) is 0 Å². The highest BCUT2D eigenvalue weighted by Gasteiger charge is 2.43. The second-order valence-corrected chi connectivity index (χ2v) is 5.55. The molecule has 1 aromatic heterocycles. The highest BCUT2D eigenvalue weighted by molar-refractivity contribution is 6.09. The van der Waals surface area contributed by atoms with Crippen LogP contribution < -0.4 is 15.4 Å². The predicted octanol–water partition coefficient (Wildman–Crippen LogP) is 0.157. The average molecular weight is 318 g/mol. The third-order valence-electron chi connectivity index (χ3n) is 4.27. The molecule has 2 aliphatic rings. The molecule has 3 atom stereocenters. The zero-order valence-corrected chi connectivity index (χ0v) is 12.6. The van der Waals surface area contributed by atoms with E-state index >= 15 is 0 Å². The summed E-state index contributed by atoms with van der Waals surface area (Å²) >= 11 is 0. The number of carboxylic acid groups (broad SMARTS) is 1. The Morgan fingerprint density at radius 2 is 2.26 bits per heavy atom. The molecule has 1 unspecified atom stereocenters. The zero-order valence-electron chi connectivity index (χ0n) is 12.6. The Labute approximate surface area is 132 Å². The monoisotopic (exact) mass is 318 g/mol. The van der Waals surface area contributed by atoms with Crippen molar-refractivity contribution in [2.75, 3.05) is 13.7 Å². The van der Waals surface area contributed by atoms with E-state index in [2.05, 4.69) is 20.8 Å². The summed E-state index contributed by atoms with van der Waals surface area (Å²) in [4.78, 5) is 21.0. The summed E-state index contributed by atoms with van der Waals surface area (Å²) in [5.41, 5.74) is 1.34. The maximum absolute atomic E-state index is 12.7. The van der Waals surface area contributed by atoms with E-state index in [1.807, 2.05) is 18.2 Å². The molecule has 4 rings (SSSR count). The first kappa shape index (κ1) is 15.4. The Hall–Kier alpha value is -2.45. The van der Waals surface area contributed by atoms with Crippen LogP contribution in [-0.4, -0.2) is 59.3 Å². The number of fused-ring (bicyclic) bond motifs is 3. The second kappa shape index (κ2) is 6.35. The number of aromatic nitrogens is 2. The summed E-state index contributed by atoms with van der Waals surface area (Å²) in [7, 11) is 1.62. The number of methoxy groups -OCH3 is 1. The van der Waals surface area contributed by atoms with Gasteiger partial charge in [-0.15, -0.1) is 0 Å². The molecule has 0 radical (unpaired) electrons. The second-order valence-electron chi connectivity index (χ2n) is 5.55. The summed E-state index contributed by atoms with van der Waals surface area (Å²) < 4.78 is 5.22. The molecule has 0 spiro atoms. The lowest BCUT2D eigenvalue weighted by Crippen LogP contribution is -2.52. The van der Waals surface area contributed by atoms with Crippen molar-refractivity contribution in [1.82, 2.24) is 20.8 Å². The van der Waals surface area contributed by atoms with Gasteiger partial charge in [-0.25, -0.2) is 0 Å². The number of ether oxygens (including phenoxy) is 1. The first-order valence-electron chi connectivity index (χ1n) is 7.31. The van der Waals surface area contributed by atoms with Crippen molar-refractivity contribution in [3.05, 3.63) is 23.9 Å². The Bertz CT molecular complexity index is 729. The van der Waals surface area contributed by atoms with Crippen molar-refractivity contribution in [1.29, 1.82) is 0 Å². The van der Waals surface area contributed by atoms with Gasteiger partial charge >= 0.3 is 0 Å². The van der Waals surface area contributed by atoms with Gasteiger partial charge in [0, 0.05) is 24.0 Å². The maximum atomic E-state index is 12.7. The van der Waals surface area contributed by atoms with Crippen molar-refractivity contribution in [2.24, 2.45) is 0 Å². The normalized spacial score (nSPS) is 25.0. The first-order valence-corrected chi connectivity index (χ1v) is 7.31.